The van der Waals surface area contributed by atoms with Crippen LogP contribution in [0.15, 0.2) is 30.5 Å². The fourth-order valence-electron chi connectivity index (χ4n) is 3.36. The summed E-state index contributed by atoms with van der Waals surface area (Å²) in [5, 5.41) is 21.7. The average molecular weight is 537 g/mol. The molecule has 3 N–H and O–H groups in total. The predicted octanol–water partition coefficient (Wildman–Crippen LogP) is 6.18. The maximum absolute atomic E-state index is 13.1. The van der Waals surface area contributed by atoms with Crippen LogP contribution in [-0.2, 0) is 15.7 Å². The van der Waals surface area contributed by atoms with Gasteiger partial charge in [-0.25, -0.2) is 9.78 Å². The Labute approximate surface area is 219 Å². The van der Waals surface area contributed by atoms with Crippen molar-refractivity contribution in [2.45, 2.75) is 72.3 Å². The fourth-order valence-corrected chi connectivity index (χ4v) is 3.36. The molecule has 0 aliphatic heterocycles. The molecule has 0 atom stereocenters. The molecule has 9 nitrogen and oxygen atoms in total. The lowest BCUT2D eigenvalue weighted by Gasteiger charge is -2.30. The number of anilines is 2. The number of alkyl halides is 3. The summed E-state index contributed by atoms with van der Waals surface area (Å²) in [6.45, 7) is 13.5. The van der Waals surface area contributed by atoms with E-state index in [4.69, 9.17) is 15.1 Å². The van der Waals surface area contributed by atoms with E-state index in [-0.39, 0.29) is 33.7 Å². The smallest absolute Gasteiger partial charge is 0.416 e. The number of ether oxygens (including phenoxy) is 1. The summed E-state index contributed by atoms with van der Waals surface area (Å²) in [5.74, 6) is -1.66. The Morgan fingerprint density at radius 3 is 2.00 bits per heavy atom. The third-order valence-electron chi connectivity index (χ3n) is 4.32. The van der Waals surface area contributed by atoms with Gasteiger partial charge in [0.25, 0.3) is 0 Å². The minimum absolute atomic E-state index is 0.0156. The Kier molecular flexibility index (Phi) is 10.6. The number of carbonyl (C=O) groups excluding carboxylic acids is 2. The molecule has 0 bridgehead atoms. The molecule has 0 aliphatic carbocycles. The van der Waals surface area contributed by atoms with Crippen LogP contribution in [0.4, 0.5) is 29.3 Å². The standard InChI is InChI=1S/C18H13F3N4O4.C8H18O/c1-9-4-13(25-17(28)29)14(6-12(9)18(19,20)21)24-16(27)7-15(26)10-2-3-23-11(5-10)8-22;1-7(2,3)9-8(4,5)6/h2-6,25H,7H2,1H3,(H,24,27)(H,28,29);1-6H3. The summed E-state index contributed by atoms with van der Waals surface area (Å²) in [4.78, 5) is 38.9. The SMILES string of the molecule is CC(C)(C)OC(C)(C)C.Cc1cc(NC(=O)O)c(NC(=O)CC(=O)c2ccnc(C#N)c2)cc1C(F)(F)F. The van der Waals surface area contributed by atoms with Gasteiger partial charge in [0.1, 0.15) is 11.8 Å². The summed E-state index contributed by atoms with van der Waals surface area (Å²) in [6, 6.07) is 5.69. The molecular formula is C26H31F3N4O5. The van der Waals surface area contributed by atoms with Gasteiger partial charge >= 0.3 is 12.3 Å². The van der Waals surface area contributed by atoms with Gasteiger partial charge in [-0.05, 0) is 78.3 Å². The molecule has 0 fully saturated rings. The zero-order valence-electron chi connectivity index (χ0n) is 22.2. The molecule has 0 unspecified atom stereocenters. The fraction of sp³-hybridized carbons (Fsp3) is 0.423. The van der Waals surface area contributed by atoms with Gasteiger partial charge in [0.2, 0.25) is 5.91 Å². The Hall–Kier alpha value is -3.98. The second-order valence-corrected chi connectivity index (χ2v) is 10.2. The number of Topliss-reactive ketones (excluding diaryl/α,β-unsaturated/α-hetero) is 1. The number of carbonyl (C=O) groups is 3. The van der Waals surface area contributed by atoms with Crippen LogP contribution in [0.1, 0.15) is 75.1 Å². The third-order valence-corrected chi connectivity index (χ3v) is 4.32. The molecule has 0 radical (unpaired) electrons. The number of amides is 2. The lowest BCUT2D eigenvalue weighted by molar-refractivity contribution is -0.138. The molecule has 1 aromatic heterocycles. The number of nitrogens with zero attached hydrogens (tertiary/aromatic N) is 2. The van der Waals surface area contributed by atoms with E-state index >= 15 is 0 Å². The first-order valence-electron chi connectivity index (χ1n) is 11.3. The normalized spacial score (nSPS) is 11.5. The van der Waals surface area contributed by atoms with Gasteiger partial charge in [0, 0.05) is 11.8 Å². The largest absolute Gasteiger partial charge is 0.465 e. The van der Waals surface area contributed by atoms with Crippen molar-refractivity contribution in [1.82, 2.24) is 4.98 Å². The number of nitrogens with one attached hydrogen (secondary N) is 2. The Morgan fingerprint density at radius 2 is 1.55 bits per heavy atom. The summed E-state index contributed by atoms with van der Waals surface area (Å²) in [7, 11) is 0. The van der Waals surface area contributed by atoms with Crippen LogP contribution >= 0.6 is 0 Å². The maximum atomic E-state index is 13.1. The minimum Gasteiger partial charge on any atom is -0.465 e. The Balaban J connectivity index is 0.000000686. The molecule has 2 aromatic rings. The number of nitriles is 1. The van der Waals surface area contributed by atoms with E-state index in [1.165, 1.54) is 18.3 Å². The summed E-state index contributed by atoms with van der Waals surface area (Å²) in [5.41, 5.74) is -2.10. The van der Waals surface area contributed by atoms with Crippen molar-refractivity contribution < 1.29 is 37.4 Å². The highest BCUT2D eigenvalue weighted by atomic mass is 19.4. The molecule has 206 valence electrons. The summed E-state index contributed by atoms with van der Waals surface area (Å²) < 4.78 is 45.0. The van der Waals surface area contributed by atoms with Crippen molar-refractivity contribution in [2.75, 3.05) is 10.6 Å². The molecule has 0 saturated carbocycles. The van der Waals surface area contributed by atoms with Crippen molar-refractivity contribution in [3.63, 3.8) is 0 Å². The second-order valence-electron chi connectivity index (χ2n) is 10.2. The van der Waals surface area contributed by atoms with Crippen molar-refractivity contribution in [3.8, 4) is 6.07 Å². The van der Waals surface area contributed by atoms with Crippen molar-refractivity contribution in [2.24, 2.45) is 0 Å². The number of aryl methyl sites for hydroxylation is 1. The van der Waals surface area contributed by atoms with Crippen LogP contribution in [0.2, 0.25) is 0 Å². The molecule has 38 heavy (non-hydrogen) atoms. The van der Waals surface area contributed by atoms with Crippen LogP contribution in [0.5, 0.6) is 0 Å². The van der Waals surface area contributed by atoms with Crippen molar-refractivity contribution in [3.05, 3.63) is 52.8 Å². The van der Waals surface area contributed by atoms with E-state index < -0.39 is 41.6 Å². The zero-order valence-corrected chi connectivity index (χ0v) is 22.2. The number of ketones is 1. The van der Waals surface area contributed by atoms with E-state index in [1.807, 2.05) is 5.32 Å². The molecule has 0 aliphatic rings. The number of rotatable bonds is 5. The number of hydrogen-bond acceptors (Lipinski definition) is 6. The Morgan fingerprint density at radius 1 is 1.00 bits per heavy atom. The first kappa shape index (κ1) is 32.0. The molecule has 2 rings (SSSR count). The van der Waals surface area contributed by atoms with Gasteiger partial charge in [-0.15, -0.1) is 0 Å². The number of carboxylic acid groups (broad SMARTS) is 1. The van der Waals surface area contributed by atoms with E-state index in [0.29, 0.717) is 6.07 Å². The highest BCUT2D eigenvalue weighted by Crippen LogP contribution is 2.37. The molecule has 0 spiro atoms. The van der Waals surface area contributed by atoms with Crippen molar-refractivity contribution >= 4 is 29.2 Å². The zero-order chi connectivity index (χ0) is 29.5. The topological polar surface area (TPSA) is 141 Å². The third kappa shape index (κ3) is 11.4. The maximum Gasteiger partial charge on any atom is 0.416 e. The van der Waals surface area contributed by atoms with Crippen LogP contribution in [0.3, 0.4) is 0 Å². The number of pyridine rings is 1. The first-order valence-corrected chi connectivity index (χ1v) is 11.3. The van der Waals surface area contributed by atoms with E-state index in [1.54, 1.807) is 6.07 Å². The number of hydrogen-bond donors (Lipinski definition) is 3. The van der Waals surface area contributed by atoms with E-state index in [0.717, 1.165) is 13.0 Å². The lowest BCUT2D eigenvalue weighted by Crippen LogP contribution is -2.31. The van der Waals surface area contributed by atoms with Crippen LogP contribution in [0.25, 0.3) is 0 Å². The number of benzene rings is 1. The molecule has 0 saturated heterocycles. The second kappa shape index (κ2) is 12.5. The lowest BCUT2D eigenvalue weighted by atomic mass is 10.0. The molecule has 1 heterocycles. The van der Waals surface area contributed by atoms with E-state index in [2.05, 4.69) is 51.8 Å². The minimum atomic E-state index is -4.73. The number of halogens is 3. The summed E-state index contributed by atoms with van der Waals surface area (Å²) >= 11 is 0. The molecular weight excluding hydrogens is 505 g/mol. The summed E-state index contributed by atoms with van der Waals surface area (Å²) in [6.07, 6.45) is -5.81. The van der Waals surface area contributed by atoms with Crippen LogP contribution in [-0.4, -0.2) is 39.1 Å². The number of aromatic nitrogens is 1. The van der Waals surface area contributed by atoms with Gasteiger partial charge in [0.15, 0.2) is 5.78 Å². The van der Waals surface area contributed by atoms with E-state index in [9.17, 15) is 27.6 Å². The molecule has 2 amide bonds. The highest BCUT2D eigenvalue weighted by molar-refractivity contribution is 6.12. The van der Waals surface area contributed by atoms with Crippen LogP contribution < -0.4 is 10.6 Å². The Bertz CT molecular complexity index is 1210. The molecule has 1 aromatic carbocycles. The predicted molar refractivity (Wildman–Crippen MR) is 135 cm³/mol. The van der Waals surface area contributed by atoms with Crippen molar-refractivity contribution in [1.29, 1.82) is 5.26 Å². The van der Waals surface area contributed by atoms with Gasteiger partial charge in [-0.3, -0.25) is 14.9 Å². The highest BCUT2D eigenvalue weighted by Gasteiger charge is 2.33. The van der Waals surface area contributed by atoms with Gasteiger partial charge in [-0.2, -0.15) is 18.4 Å². The first-order chi connectivity index (χ1) is 17.2. The van der Waals surface area contributed by atoms with Gasteiger partial charge < -0.3 is 15.2 Å². The molecule has 12 heteroatoms. The quantitative estimate of drug-likeness (QED) is 0.306. The van der Waals surface area contributed by atoms with Crippen LogP contribution in [0, 0.1) is 18.3 Å². The van der Waals surface area contributed by atoms with Gasteiger partial charge in [0.05, 0.1) is 34.6 Å². The average Bonchev–Trinajstić information content (AvgIpc) is 2.72. The monoisotopic (exact) mass is 536 g/mol. The van der Waals surface area contributed by atoms with Gasteiger partial charge in [-0.1, -0.05) is 0 Å².